The number of halogens is 2. The molecule has 20 heavy (non-hydrogen) atoms. The Morgan fingerprint density at radius 3 is 2.75 bits per heavy atom. The van der Waals surface area contributed by atoms with E-state index in [0.29, 0.717) is 12.4 Å². The standard InChI is InChI=1S/C13H16ClFN2O3/c1-2-9(5-6-14)8-16-13(18)11-4-3-10(17(19)20)7-12(11)15/h3-4,7,9H,2,5-6,8H2,1H3,(H,16,18). The second kappa shape index (κ2) is 7.79. The summed E-state index contributed by atoms with van der Waals surface area (Å²) in [6, 6.07) is 2.96. The zero-order valence-corrected chi connectivity index (χ0v) is 11.8. The summed E-state index contributed by atoms with van der Waals surface area (Å²) in [5.74, 6) is -0.745. The van der Waals surface area contributed by atoms with Gasteiger partial charge in [-0.1, -0.05) is 13.3 Å². The average molecular weight is 303 g/mol. The average Bonchev–Trinajstić information content (AvgIpc) is 2.42. The lowest BCUT2D eigenvalue weighted by atomic mass is 10.0. The Labute approximate surface area is 121 Å². The molecule has 110 valence electrons. The van der Waals surface area contributed by atoms with Crippen molar-refractivity contribution in [1.29, 1.82) is 0 Å². The molecule has 0 bridgehead atoms. The minimum absolute atomic E-state index is 0.198. The molecule has 0 aliphatic carbocycles. The number of hydrogen-bond acceptors (Lipinski definition) is 3. The molecule has 0 heterocycles. The minimum Gasteiger partial charge on any atom is -0.352 e. The van der Waals surface area contributed by atoms with E-state index in [1.165, 1.54) is 0 Å². The zero-order valence-electron chi connectivity index (χ0n) is 11.1. The van der Waals surface area contributed by atoms with Crippen LogP contribution in [-0.2, 0) is 0 Å². The quantitative estimate of drug-likeness (QED) is 0.478. The van der Waals surface area contributed by atoms with Crippen LogP contribution in [0.3, 0.4) is 0 Å². The van der Waals surface area contributed by atoms with E-state index in [0.717, 1.165) is 31.0 Å². The van der Waals surface area contributed by atoms with Crippen LogP contribution in [0.15, 0.2) is 18.2 Å². The number of nitro benzene ring substituents is 1. The van der Waals surface area contributed by atoms with Gasteiger partial charge in [0.15, 0.2) is 0 Å². The van der Waals surface area contributed by atoms with Crippen molar-refractivity contribution in [2.24, 2.45) is 5.92 Å². The number of rotatable bonds is 7. The second-order valence-electron chi connectivity index (χ2n) is 4.38. The van der Waals surface area contributed by atoms with Crippen molar-refractivity contribution in [3.05, 3.63) is 39.7 Å². The number of amides is 1. The van der Waals surface area contributed by atoms with E-state index in [1.54, 1.807) is 0 Å². The normalized spacial score (nSPS) is 11.9. The fourth-order valence-corrected chi connectivity index (χ4v) is 2.05. The first-order chi connectivity index (χ1) is 9.49. The fraction of sp³-hybridized carbons (Fsp3) is 0.462. The third-order valence-electron chi connectivity index (χ3n) is 3.05. The molecule has 0 saturated carbocycles. The van der Waals surface area contributed by atoms with Gasteiger partial charge in [0.25, 0.3) is 11.6 Å². The SMILES string of the molecule is CCC(CCCl)CNC(=O)c1ccc([N+](=O)[O-])cc1F. The smallest absolute Gasteiger partial charge is 0.272 e. The molecule has 1 aromatic carbocycles. The van der Waals surface area contributed by atoms with Gasteiger partial charge in [0, 0.05) is 18.5 Å². The molecule has 0 saturated heterocycles. The summed E-state index contributed by atoms with van der Waals surface area (Å²) in [5.41, 5.74) is -0.580. The molecule has 1 N–H and O–H groups in total. The van der Waals surface area contributed by atoms with Crippen LogP contribution in [0.1, 0.15) is 30.1 Å². The van der Waals surface area contributed by atoms with E-state index in [9.17, 15) is 19.3 Å². The van der Waals surface area contributed by atoms with Gasteiger partial charge < -0.3 is 5.32 Å². The fourth-order valence-electron chi connectivity index (χ4n) is 1.74. The van der Waals surface area contributed by atoms with Crippen molar-refractivity contribution in [2.75, 3.05) is 12.4 Å². The Kier molecular flexibility index (Phi) is 6.38. The van der Waals surface area contributed by atoms with Crippen LogP contribution in [0.4, 0.5) is 10.1 Å². The first kappa shape index (κ1) is 16.4. The molecule has 0 aromatic heterocycles. The van der Waals surface area contributed by atoms with Crippen LogP contribution in [-0.4, -0.2) is 23.3 Å². The van der Waals surface area contributed by atoms with Crippen LogP contribution in [0.5, 0.6) is 0 Å². The zero-order chi connectivity index (χ0) is 15.1. The van der Waals surface area contributed by atoms with Gasteiger partial charge in [-0.25, -0.2) is 4.39 Å². The first-order valence-corrected chi connectivity index (χ1v) is 6.81. The topological polar surface area (TPSA) is 72.2 Å². The highest BCUT2D eigenvalue weighted by molar-refractivity contribution is 6.17. The van der Waals surface area contributed by atoms with Gasteiger partial charge in [-0.2, -0.15) is 0 Å². The molecular weight excluding hydrogens is 287 g/mol. The Bertz CT molecular complexity index is 497. The van der Waals surface area contributed by atoms with Crippen molar-refractivity contribution in [3.63, 3.8) is 0 Å². The number of non-ortho nitro benzene ring substituents is 1. The predicted octanol–water partition coefficient (Wildman–Crippen LogP) is 3.12. The van der Waals surface area contributed by atoms with Crippen LogP contribution in [0.25, 0.3) is 0 Å². The maximum atomic E-state index is 13.6. The summed E-state index contributed by atoms with van der Waals surface area (Å²) in [4.78, 5) is 21.6. The Morgan fingerprint density at radius 1 is 1.55 bits per heavy atom. The summed E-state index contributed by atoms with van der Waals surface area (Å²) in [7, 11) is 0. The summed E-state index contributed by atoms with van der Waals surface area (Å²) in [5, 5.41) is 13.1. The lowest BCUT2D eigenvalue weighted by molar-refractivity contribution is -0.385. The van der Waals surface area contributed by atoms with Gasteiger partial charge in [-0.15, -0.1) is 11.6 Å². The number of carbonyl (C=O) groups is 1. The Hall–Kier alpha value is -1.69. The second-order valence-corrected chi connectivity index (χ2v) is 4.76. The van der Waals surface area contributed by atoms with Crippen molar-refractivity contribution in [2.45, 2.75) is 19.8 Å². The number of benzene rings is 1. The molecule has 0 spiro atoms. The van der Waals surface area contributed by atoms with Crippen molar-refractivity contribution < 1.29 is 14.1 Å². The summed E-state index contributed by atoms with van der Waals surface area (Å²) in [6.07, 6.45) is 1.62. The van der Waals surface area contributed by atoms with E-state index in [-0.39, 0.29) is 17.2 Å². The molecule has 0 aliphatic heterocycles. The Balaban J connectivity index is 2.70. The third kappa shape index (κ3) is 4.45. The highest BCUT2D eigenvalue weighted by atomic mass is 35.5. The molecule has 0 aliphatic rings. The molecule has 1 aromatic rings. The number of nitrogens with one attached hydrogen (secondary N) is 1. The van der Waals surface area contributed by atoms with E-state index in [4.69, 9.17) is 11.6 Å². The molecule has 1 unspecified atom stereocenters. The van der Waals surface area contributed by atoms with Crippen molar-refractivity contribution >= 4 is 23.2 Å². The van der Waals surface area contributed by atoms with Crippen molar-refractivity contribution in [3.8, 4) is 0 Å². The van der Waals surface area contributed by atoms with E-state index in [1.807, 2.05) is 6.92 Å². The van der Waals surface area contributed by atoms with Crippen LogP contribution in [0, 0.1) is 21.8 Å². The van der Waals surface area contributed by atoms with E-state index >= 15 is 0 Å². The summed E-state index contributed by atoms with van der Waals surface area (Å²) >= 11 is 5.64. The molecule has 0 fully saturated rings. The van der Waals surface area contributed by atoms with Crippen LogP contribution < -0.4 is 5.32 Å². The highest BCUT2D eigenvalue weighted by Crippen LogP contribution is 2.16. The molecule has 1 amide bonds. The molecule has 0 radical (unpaired) electrons. The minimum atomic E-state index is -0.901. The summed E-state index contributed by atoms with van der Waals surface area (Å²) in [6.45, 7) is 2.38. The first-order valence-electron chi connectivity index (χ1n) is 6.27. The lowest BCUT2D eigenvalue weighted by Gasteiger charge is -2.14. The maximum Gasteiger partial charge on any atom is 0.272 e. The van der Waals surface area contributed by atoms with Crippen LogP contribution >= 0.6 is 11.6 Å². The van der Waals surface area contributed by atoms with Crippen molar-refractivity contribution in [1.82, 2.24) is 5.32 Å². The van der Waals surface area contributed by atoms with Gasteiger partial charge in [0.1, 0.15) is 5.82 Å². The summed E-state index contributed by atoms with van der Waals surface area (Å²) < 4.78 is 13.6. The maximum absolute atomic E-state index is 13.6. The molecule has 7 heteroatoms. The third-order valence-corrected chi connectivity index (χ3v) is 3.27. The van der Waals surface area contributed by atoms with Gasteiger partial charge in [-0.05, 0) is 18.4 Å². The number of hydrogen-bond donors (Lipinski definition) is 1. The predicted molar refractivity (Wildman–Crippen MR) is 74.5 cm³/mol. The number of carbonyl (C=O) groups excluding carboxylic acids is 1. The number of nitrogens with zero attached hydrogens (tertiary/aromatic N) is 1. The molecular formula is C13H16ClFN2O3. The molecule has 1 rings (SSSR count). The van der Waals surface area contributed by atoms with Gasteiger partial charge in [0.2, 0.25) is 0 Å². The molecule has 5 nitrogen and oxygen atoms in total. The van der Waals surface area contributed by atoms with Gasteiger partial charge in [-0.3, -0.25) is 14.9 Å². The molecule has 1 atom stereocenters. The number of nitro groups is 1. The highest BCUT2D eigenvalue weighted by Gasteiger charge is 2.17. The van der Waals surface area contributed by atoms with E-state index in [2.05, 4.69) is 5.32 Å². The Morgan fingerprint density at radius 2 is 2.25 bits per heavy atom. The monoisotopic (exact) mass is 302 g/mol. The van der Waals surface area contributed by atoms with Gasteiger partial charge in [0.05, 0.1) is 16.6 Å². The van der Waals surface area contributed by atoms with Crippen LogP contribution in [0.2, 0.25) is 0 Å². The largest absolute Gasteiger partial charge is 0.352 e. The van der Waals surface area contributed by atoms with E-state index < -0.39 is 16.6 Å². The van der Waals surface area contributed by atoms with Gasteiger partial charge >= 0.3 is 0 Å². The number of alkyl halides is 1. The lowest BCUT2D eigenvalue weighted by Crippen LogP contribution is -2.30.